The SMILES string of the molecule is [C-]#[N+]C1(C(=O)N[C@H](C(=O)N2C[C@H](O)C[C@H]2C(=O)NCc2ccc(-c3scnc3C)cc2OC(C)(C)C)C(C)C)CC1. The van der Waals surface area contributed by atoms with Gasteiger partial charge in [0.25, 0.3) is 0 Å². The lowest BCUT2D eigenvalue weighted by atomic mass is 10.0. The van der Waals surface area contributed by atoms with Crippen molar-refractivity contribution in [3.8, 4) is 16.2 Å². The molecule has 2 fully saturated rings. The predicted molar refractivity (Wildman–Crippen MR) is 156 cm³/mol. The van der Waals surface area contributed by atoms with Crippen LogP contribution >= 0.6 is 11.3 Å². The molecule has 1 aliphatic carbocycles. The maximum atomic E-state index is 13.6. The Hall–Kier alpha value is -3.49. The van der Waals surface area contributed by atoms with Crippen LogP contribution in [0.4, 0.5) is 0 Å². The third-order valence-corrected chi connectivity index (χ3v) is 8.37. The summed E-state index contributed by atoms with van der Waals surface area (Å²) in [5, 5.41) is 16.1. The zero-order valence-corrected chi connectivity index (χ0v) is 25.3. The van der Waals surface area contributed by atoms with E-state index in [1.165, 1.54) is 4.90 Å². The van der Waals surface area contributed by atoms with Crippen LogP contribution in [0.15, 0.2) is 23.7 Å². The second-order valence-electron chi connectivity index (χ2n) is 12.3. The Kier molecular flexibility index (Phi) is 8.76. The highest BCUT2D eigenvalue weighted by Gasteiger charge is 2.59. The Morgan fingerprint density at radius 2 is 2.00 bits per heavy atom. The van der Waals surface area contributed by atoms with E-state index in [0.717, 1.165) is 21.7 Å². The average molecular weight is 582 g/mol. The largest absolute Gasteiger partial charge is 0.488 e. The van der Waals surface area contributed by atoms with Gasteiger partial charge in [0.05, 0.1) is 22.2 Å². The highest BCUT2D eigenvalue weighted by Crippen LogP contribution is 2.40. The second kappa shape index (κ2) is 11.8. The molecule has 4 rings (SSSR count). The molecule has 0 radical (unpaired) electrons. The van der Waals surface area contributed by atoms with Crippen molar-refractivity contribution in [1.29, 1.82) is 0 Å². The quantitative estimate of drug-likeness (QED) is 0.390. The fourth-order valence-corrected chi connectivity index (χ4v) is 5.73. The summed E-state index contributed by atoms with van der Waals surface area (Å²) in [4.78, 5) is 50.0. The zero-order chi connectivity index (χ0) is 30.1. The van der Waals surface area contributed by atoms with Crippen molar-refractivity contribution in [2.75, 3.05) is 6.54 Å². The van der Waals surface area contributed by atoms with Crippen LogP contribution in [0.2, 0.25) is 0 Å². The standard InChI is InChI=1S/C30H39N5O5S/c1-17(2)24(34-28(39)30(31-7)10-11-30)27(38)35-15-21(36)13-22(35)26(37)32-14-20-9-8-19(25-18(3)33-16-41-25)12-23(20)40-29(4,5)6/h8-9,12,16-17,21-22,24,36H,10-11,13-15H2,1-6H3,(H,32,37)(H,34,39)/t21-,22+,24+/m1/s1. The second-order valence-corrected chi connectivity index (χ2v) is 13.1. The molecule has 3 N–H and O–H groups in total. The summed E-state index contributed by atoms with van der Waals surface area (Å²) in [6.45, 7) is 18.9. The number of aryl methyl sites for hydroxylation is 1. The molecule has 1 saturated carbocycles. The summed E-state index contributed by atoms with van der Waals surface area (Å²) in [6.07, 6.45) is 0.177. The number of hydrogen-bond acceptors (Lipinski definition) is 7. The number of β-amino-alcohol motifs (C(OH)–C–C–N with tert-alkyl or cyclic N) is 1. The van der Waals surface area contributed by atoms with Crippen molar-refractivity contribution >= 4 is 29.1 Å². The van der Waals surface area contributed by atoms with E-state index < -0.39 is 47.0 Å². The van der Waals surface area contributed by atoms with Crippen LogP contribution in [0, 0.1) is 19.4 Å². The Morgan fingerprint density at radius 1 is 1.29 bits per heavy atom. The van der Waals surface area contributed by atoms with Crippen molar-refractivity contribution in [3.63, 3.8) is 0 Å². The van der Waals surface area contributed by atoms with Crippen LogP contribution in [-0.4, -0.2) is 68.6 Å². The maximum Gasteiger partial charge on any atom is 0.309 e. The van der Waals surface area contributed by atoms with Crippen molar-refractivity contribution in [2.45, 2.75) is 96.7 Å². The molecule has 41 heavy (non-hydrogen) atoms. The number of carbonyl (C=O) groups excluding carboxylic acids is 3. The summed E-state index contributed by atoms with van der Waals surface area (Å²) in [6, 6.07) is 4.04. The Balaban J connectivity index is 1.49. The normalized spacial score (nSPS) is 20.3. The average Bonchev–Trinajstić information content (AvgIpc) is 3.44. The van der Waals surface area contributed by atoms with Crippen LogP contribution in [0.3, 0.4) is 0 Å². The van der Waals surface area contributed by atoms with Crippen LogP contribution < -0.4 is 15.4 Å². The van der Waals surface area contributed by atoms with Gasteiger partial charge in [-0.05, 0) is 45.2 Å². The smallest absolute Gasteiger partial charge is 0.309 e. The lowest BCUT2D eigenvalue weighted by Gasteiger charge is -2.30. The molecular formula is C30H39N5O5S. The van der Waals surface area contributed by atoms with E-state index in [1.54, 1.807) is 30.7 Å². The molecule has 10 nitrogen and oxygen atoms in total. The van der Waals surface area contributed by atoms with E-state index in [0.29, 0.717) is 18.6 Å². The lowest BCUT2D eigenvalue weighted by molar-refractivity contribution is -0.142. The maximum absolute atomic E-state index is 13.6. The third kappa shape index (κ3) is 6.88. The third-order valence-electron chi connectivity index (χ3n) is 7.39. The van der Waals surface area contributed by atoms with Gasteiger partial charge in [-0.15, -0.1) is 11.3 Å². The molecule has 2 aliphatic rings. The number of ether oxygens (including phenoxy) is 1. The molecule has 0 spiro atoms. The fraction of sp³-hybridized carbons (Fsp3) is 0.567. The number of aliphatic hydroxyl groups is 1. The number of nitrogens with zero attached hydrogens (tertiary/aromatic N) is 3. The molecule has 11 heteroatoms. The number of amides is 3. The van der Waals surface area contributed by atoms with Crippen LogP contribution in [-0.2, 0) is 20.9 Å². The van der Waals surface area contributed by atoms with Crippen LogP contribution in [0.25, 0.3) is 15.3 Å². The Bertz CT molecular complexity index is 1350. The summed E-state index contributed by atoms with van der Waals surface area (Å²) >= 11 is 1.55. The van der Waals surface area contributed by atoms with Crippen molar-refractivity contribution < 1.29 is 24.2 Å². The molecular weight excluding hydrogens is 542 g/mol. The molecule has 2 aromatic rings. The summed E-state index contributed by atoms with van der Waals surface area (Å²) in [5.41, 5.74) is 2.92. The lowest BCUT2D eigenvalue weighted by Crippen LogP contribution is -2.56. The Labute approximate surface area is 245 Å². The first-order valence-electron chi connectivity index (χ1n) is 13.9. The highest BCUT2D eigenvalue weighted by atomic mass is 32.1. The van der Waals surface area contributed by atoms with Crippen molar-refractivity contribution in [3.05, 3.63) is 46.4 Å². The van der Waals surface area contributed by atoms with Crippen molar-refractivity contribution in [1.82, 2.24) is 20.5 Å². The Morgan fingerprint density at radius 3 is 2.56 bits per heavy atom. The first-order chi connectivity index (χ1) is 19.2. The topological polar surface area (TPSA) is 125 Å². The number of rotatable bonds is 9. The molecule has 3 atom stereocenters. The van der Waals surface area contributed by atoms with E-state index in [1.807, 2.05) is 45.9 Å². The van der Waals surface area contributed by atoms with Gasteiger partial charge in [0.1, 0.15) is 23.4 Å². The van der Waals surface area contributed by atoms with Gasteiger partial charge < -0.3 is 25.4 Å². The van der Waals surface area contributed by atoms with Crippen molar-refractivity contribution in [2.24, 2.45) is 5.92 Å². The van der Waals surface area contributed by atoms with E-state index in [4.69, 9.17) is 11.3 Å². The molecule has 1 aromatic heterocycles. The molecule has 1 aromatic carbocycles. The van der Waals surface area contributed by atoms with E-state index >= 15 is 0 Å². The number of thiazole rings is 1. The molecule has 220 valence electrons. The van der Waals surface area contributed by atoms with Crippen LogP contribution in [0.5, 0.6) is 5.75 Å². The zero-order valence-electron chi connectivity index (χ0n) is 24.5. The summed E-state index contributed by atoms with van der Waals surface area (Å²) < 4.78 is 6.25. The highest BCUT2D eigenvalue weighted by molar-refractivity contribution is 7.13. The van der Waals surface area contributed by atoms with E-state index in [9.17, 15) is 19.5 Å². The number of aromatic nitrogens is 1. The minimum absolute atomic E-state index is 0.00868. The fourth-order valence-electron chi connectivity index (χ4n) is 4.93. The molecule has 3 amide bonds. The minimum Gasteiger partial charge on any atom is -0.488 e. The minimum atomic E-state index is -1.09. The number of hydrogen-bond donors (Lipinski definition) is 3. The molecule has 1 saturated heterocycles. The van der Waals surface area contributed by atoms with E-state index in [2.05, 4.69) is 20.5 Å². The number of nitrogens with one attached hydrogen (secondary N) is 2. The predicted octanol–water partition coefficient (Wildman–Crippen LogP) is 3.47. The number of carbonyl (C=O) groups is 3. The van der Waals surface area contributed by atoms with Gasteiger partial charge >= 0.3 is 11.4 Å². The van der Waals surface area contributed by atoms with Gasteiger partial charge in [-0.25, -0.2) is 11.6 Å². The molecule has 1 aliphatic heterocycles. The number of aliphatic hydroxyl groups excluding tert-OH is 1. The van der Waals surface area contributed by atoms with Crippen LogP contribution in [0.1, 0.15) is 65.1 Å². The van der Waals surface area contributed by atoms with E-state index in [-0.39, 0.29) is 25.4 Å². The van der Waals surface area contributed by atoms with Gasteiger partial charge in [-0.3, -0.25) is 19.2 Å². The molecule has 2 heterocycles. The summed E-state index contributed by atoms with van der Waals surface area (Å²) in [5.74, 6) is -0.922. The van der Waals surface area contributed by atoms with Gasteiger partial charge in [-0.1, -0.05) is 26.0 Å². The first-order valence-corrected chi connectivity index (χ1v) is 14.8. The monoisotopic (exact) mass is 581 g/mol. The van der Waals surface area contributed by atoms with Gasteiger partial charge in [0.2, 0.25) is 11.8 Å². The number of likely N-dealkylation sites (tertiary alicyclic amines) is 1. The summed E-state index contributed by atoms with van der Waals surface area (Å²) in [7, 11) is 0. The first kappa shape index (κ1) is 30.5. The molecule has 0 unspecified atom stereocenters. The van der Waals surface area contributed by atoms with Gasteiger partial charge in [0, 0.05) is 37.9 Å². The molecule has 0 bridgehead atoms. The van der Waals surface area contributed by atoms with Gasteiger partial charge in [0.15, 0.2) is 0 Å². The number of benzene rings is 1. The van der Waals surface area contributed by atoms with Gasteiger partial charge in [-0.2, -0.15) is 0 Å².